The smallest absolute Gasteiger partial charge is 0.0463 e. The SMILES string of the molecule is CC(C)(C)c1ccc(C23CCC(C(c4ccccc4)c4ccc(Cl)cc4)(CC2)N2CCN3CC2)cc1. The Morgan fingerprint density at radius 1 is 0.667 bits per heavy atom. The van der Waals surface area contributed by atoms with E-state index in [-0.39, 0.29) is 16.5 Å². The lowest BCUT2D eigenvalue weighted by atomic mass is 9.59. The molecule has 0 amide bonds. The van der Waals surface area contributed by atoms with Crippen molar-refractivity contribution in [2.75, 3.05) is 26.2 Å². The predicted octanol–water partition coefficient (Wildman–Crippen LogP) is 7.61. The molecule has 0 radical (unpaired) electrons. The lowest BCUT2D eigenvalue weighted by Gasteiger charge is -2.64. The topological polar surface area (TPSA) is 6.48 Å². The first kappa shape index (κ1) is 24.2. The molecule has 0 N–H and O–H groups in total. The summed E-state index contributed by atoms with van der Waals surface area (Å²) in [6, 6.07) is 29.6. The molecule has 6 fully saturated rings. The minimum Gasteiger partial charge on any atom is -0.294 e. The van der Waals surface area contributed by atoms with Gasteiger partial charge in [0.05, 0.1) is 0 Å². The van der Waals surface area contributed by atoms with Crippen molar-refractivity contribution in [3.05, 3.63) is 106 Å². The van der Waals surface area contributed by atoms with E-state index >= 15 is 0 Å². The average Bonchev–Trinajstić information content (AvgIpc) is 2.89. The summed E-state index contributed by atoms with van der Waals surface area (Å²) in [6.07, 6.45) is 4.87. The quantitative estimate of drug-likeness (QED) is 0.365. The van der Waals surface area contributed by atoms with Crippen molar-refractivity contribution < 1.29 is 0 Å². The van der Waals surface area contributed by atoms with Crippen LogP contribution >= 0.6 is 11.6 Å². The standard InChI is InChI=1S/C33H39ClN2/c1-31(2,3)27-11-13-28(14-12-27)32-17-19-33(20-18-32,36-23-21-35(32)22-24-36)30(25-7-5-4-6-8-25)26-9-15-29(34)16-10-26/h4-16,30H,17-24H2,1-3H3. The van der Waals surface area contributed by atoms with E-state index in [9.17, 15) is 0 Å². The van der Waals surface area contributed by atoms with Gasteiger partial charge in [-0.25, -0.2) is 0 Å². The first-order valence-electron chi connectivity index (χ1n) is 13.7. The summed E-state index contributed by atoms with van der Waals surface area (Å²) in [6.45, 7) is 11.5. The summed E-state index contributed by atoms with van der Waals surface area (Å²) in [5.41, 5.74) is 6.27. The molecule has 36 heavy (non-hydrogen) atoms. The highest BCUT2D eigenvalue weighted by atomic mass is 35.5. The van der Waals surface area contributed by atoms with E-state index in [1.165, 1.54) is 47.9 Å². The first-order valence-corrected chi connectivity index (χ1v) is 14.1. The van der Waals surface area contributed by atoms with Crippen LogP contribution in [0.3, 0.4) is 0 Å². The molecule has 5 aliphatic heterocycles. The maximum Gasteiger partial charge on any atom is 0.0463 e. The fraction of sp³-hybridized carbons (Fsp3) is 0.455. The minimum atomic E-state index is 0.135. The molecule has 3 aromatic rings. The summed E-state index contributed by atoms with van der Waals surface area (Å²) >= 11 is 6.34. The Bertz CT molecular complexity index is 1180. The van der Waals surface area contributed by atoms with E-state index in [0.717, 1.165) is 31.2 Å². The molecule has 5 heterocycles. The third kappa shape index (κ3) is 3.93. The third-order valence-electron chi connectivity index (χ3n) is 9.62. The number of piperazine rings is 1. The molecule has 9 rings (SSSR count). The molecule has 3 aromatic carbocycles. The fourth-order valence-corrected chi connectivity index (χ4v) is 7.77. The Morgan fingerprint density at radius 2 is 1.22 bits per heavy atom. The van der Waals surface area contributed by atoms with E-state index in [1.807, 2.05) is 0 Å². The molecule has 6 aliphatic rings. The molecule has 3 heteroatoms. The highest BCUT2D eigenvalue weighted by Crippen LogP contribution is 2.56. The second-order valence-corrected chi connectivity index (χ2v) is 12.8. The minimum absolute atomic E-state index is 0.135. The Kier molecular flexibility index (Phi) is 6.06. The highest BCUT2D eigenvalue weighted by molar-refractivity contribution is 6.30. The van der Waals surface area contributed by atoms with Crippen molar-refractivity contribution in [2.45, 2.75) is 68.9 Å². The zero-order valence-electron chi connectivity index (χ0n) is 22.0. The van der Waals surface area contributed by atoms with Gasteiger partial charge in [-0.15, -0.1) is 0 Å². The summed E-state index contributed by atoms with van der Waals surface area (Å²) in [4.78, 5) is 5.69. The van der Waals surface area contributed by atoms with Crippen molar-refractivity contribution in [2.24, 2.45) is 0 Å². The van der Waals surface area contributed by atoms with Gasteiger partial charge >= 0.3 is 0 Å². The second-order valence-electron chi connectivity index (χ2n) is 12.3. The van der Waals surface area contributed by atoms with Gasteiger partial charge in [0, 0.05) is 48.2 Å². The van der Waals surface area contributed by atoms with Gasteiger partial charge in [-0.3, -0.25) is 9.80 Å². The fourth-order valence-electron chi connectivity index (χ4n) is 7.65. The molecule has 1 aliphatic carbocycles. The number of nitrogens with zero attached hydrogens (tertiary/aromatic N) is 2. The molecule has 1 atom stereocenters. The van der Waals surface area contributed by atoms with Gasteiger partial charge in [-0.2, -0.15) is 0 Å². The number of benzene rings is 3. The second kappa shape index (κ2) is 9.01. The Hall–Kier alpha value is -2.13. The van der Waals surface area contributed by atoms with Gasteiger partial charge in [0.25, 0.3) is 0 Å². The van der Waals surface area contributed by atoms with Crippen molar-refractivity contribution in [1.82, 2.24) is 9.80 Å². The Morgan fingerprint density at radius 3 is 1.81 bits per heavy atom. The zero-order chi connectivity index (χ0) is 25.0. The molecule has 4 bridgehead atoms. The van der Waals surface area contributed by atoms with Crippen LogP contribution in [0.2, 0.25) is 5.02 Å². The number of hydrogen-bond acceptors (Lipinski definition) is 2. The first-order chi connectivity index (χ1) is 17.3. The predicted molar refractivity (Wildman–Crippen MR) is 151 cm³/mol. The molecule has 0 aromatic heterocycles. The van der Waals surface area contributed by atoms with Crippen molar-refractivity contribution >= 4 is 11.6 Å². The third-order valence-corrected chi connectivity index (χ3v) is 9.87. The zero-order valence-corrected chi connectivity index (χ0v) is 22.8. The molecule has 5 saturated heterocycles. The molecule has 0 spiro atoms. The van der Waals surface area contributed by atoms with E-state index in [2.05, 4.69) is 109 Å². The van der Waals surface area contributed by atoms with Gasteiger partial charge in [0.1, 0.15) is 0 Å². The summed E-state index contributed by atoms with van der Waals surface area (Å²) < 4.78 is 0. The van der Waals surface area contributed by atoms with Crippen LogP contribution in [0.4, 0.5) is 0 Å². The average molecular weight is 499 g/mol. The Balaban J connectivity index is 1.43. The lowest BCUT2D eigenvalue weighted by molar-refractivity contribution is -0.113. The van der Waals surface area contributed by atoms with Crippen LogP contribution in [0.25, 0.3) is 0 Å². The number of rotatable bonds is 4. The largest absolute Gasteiger partial charge is 0.294 e. The van der Waals surface area contributed by atoms with Crippen LogP contribution in [0.5, 0.6) is 0 Å². The van der Waals surface area contributed by atoms with Gasteiger partial charge in [-0.1, -0.05) is 99.1 Å². The maximum atomic E-state index is 6.34. The normalized spacial score (nSPS) is 30.6. The number of halogens is 1. The summed E-state index contributed by atoms with van der Waals surface area (Å²) in [5, 5.41) is 0.815. The van der Waals surface area contributed by atoms with Crippen LogP contribution in [-0.4, -0.2) is 41.5 Å². The monoisotopic (exact) mass is 498 g/mol. The summed E-state index contributed by atoms with van der Waals surface area (Å²) in [7, 11) is 0. The van der Waals surface area contributed by atoms with E-state index in [0.29, 0.717) is 5.92 Å². The van der Waals surface area contributed by atoms with Gasteiger partial charge in [0.15, 0.2) is 0 Å². The van der Waals surface area contributed by atoms with Crippen LogP contribution < -0.4 is 0 Å². The molecule has 1 saturated carbocycles. The highest BCUT2D eigenvalue weighted by Gasteiger charge is 2.56. The van der Waals surface area contributed by atoms with E-state index in [4.69, 9.17) is 11.6 Å². The van der Waals surface area contributed by atoms with Gasteiger partial charge in [0.2, 0.25) is 0 Å². The van der Waals surface area contributed by atoms with Gasteiger partial charge in [-0.05, 0) is 65.5 Å². The van der Waals surface area contributed by atoms with Crippen LogP contribution in [-0.2, 0) is 11.0 Å². The Labute approximate surface area is 222 Å². The molecular formula is C33H39ClN2. The van der Waals surface area contributed by atoms with Gasteiger partial charge < -0.3 is 0 Å². The van der Waals surface area contributed by atoms with Crippen LogP contribution in [0, 0.1) is 0 Å². The van der Waals surface area contributed by atoms with Crippen LogP contribution in [0.15, 0.2) is 78.9 Å². The van der Waals surface area contributed by atoms with Crippen molar-refractivity contribution in [3.63, 3.8) is 0 Å². The van der Waals surface area contributed by atoms with Crippen molar-refractivity contribution in [1.29, 1.82) is 0 Å². The van der Waals surface area contributed by atoms with Crippen molar-refractivity contribution in [3.8, 4) is 0 Å². The van der Waals surface area contributed by atoms with E-state index in [1.54, 1.807) is 0 Å². The summed E-state index contributed by atoms with van der Waals surface area (Å²) in [5.74, 6) is 0.349. The van der Waals surface area contributed by atoms with E-state index < -0.39 is 0 Å². The maximum absolute atomic E-state index is 6.34. The molecule has 188 valence electrons. The number of hydrogen-bond donors (Lipinski definition) is 0. The molecule has 1 unspecified atom stereocenters. The molecule has 2 nitrogen and oxygen atoms in total. The van der Waals surface area contributed by atoms with Crippen LogP contribution in [0.1, 0.15) is 74.6 Å². The molecular weight excluding hydrogens is 460 g/mol. The lowest BCUT2D eigenvalue weighted by Crippen LogP contribution is -2.69.